The van der Waals surface area contributed by atoms with Crippen molar-refractivity contribution in [1.82, 2.24) is 0 Å². The molecular weight excluding hydrogens is 253 g/mol. The summed E-state index contributed by atoms with van der Waals surface area (Å²) in [6, 6.07) is 12.5. The predicted octanol–water partition coefficient (Wildman–Crippen LogP) is 4.24. The smallest absolute Gasteiger partial charge is 0.130 e. The van der Waals surface area contributed by atoms with E-state index in [2.05, 4.69) is 13.8 Å². The van der Waals surface area contributed by atoms with E-state index in [0.29, 0.717) is 24.6 Å². The summed E-state index contributed by atoms with van der Waals surface area (Å²) >= 11 is 0. The summed E-state index contributed by atoms with van der Waals surface area (Å²) < 4.78 is 19.1. The van der Waals surface area contributed by atoms with E-state index in [1.54, 1.807) is 6.07 Å². The van der Waals surface area contributed by atoms with Crippen LogP contribution in [0.5, 0.6) is 11.5 Å². The standard InChI is InChI=1S/C17H20FNO/c1-12(2)13-3-6-16(7-4-13)20-17-8-5-15(18)11-14(17)9-10-19/h3-8,11-12H,9-10,19H2,1-2H3. The van der Waals surface area contributed by atoms with Gasteiger partial charge in [0.25, 0.3) is 0 Å². The highest BCUT2D eigenvalue weighted by atomic mass is 19.1. The normalized spacial score (nSPS) is 10.8. The van der Waals surface area contributed by atoms with Gasteiger partial charge in [0.05, 0.1) is 0 Å². The van der Waals surface area contributed by atoms with Gasteiger partial charge in [0.15, 0.2) is 0 Å². The van der Waals surface area contributed by atoms with Crippen LogP contribution in [0, 0.1) is 5.82 Å². The zero-order valence-corrected chi connectivity index (χ0v) is 11.9. The summed E-state index contributed by atoms with van der Waals surface area (Å²) in [7, 11) is 0. The number of hydrogen-bond acceptors (Lipinski definition) is 2. The van der Waals surface area contributed by atoms with Crippen LogP contribution in [0.25, 0.3) is 0 Å². The van der Waals surface area contributed by atoms with Gasteiger partial charge in [-0.1, -0.05) is 26.0 Å². The van der Waals surface area contributed by atoms with Gasteiger partial charge in [0, 0.05) is 0 Å². The second-order valence-corrected chi connectivity index (χ2v) is 5.12. The second kappa shape index (κ2) is 6.53. The number of nitrogens with two attached hydrogens (primary N) is 1. The van der Waals surface area contributed by atoms with Gasteiger partial charge in [-0.3, -0.25) is 0 Å². The number of benzene rings is 2. The fourth-order valence-electron chi connectivity index (χ4n) is 2.05. The Kier molecular flexibility index (Phi) is 4.74. The quantitative estimate of drug-likeness (QED) is 0.884. The van der Waals surface area contributed by atoms with E-state index in [9.17, 15) is 4.39 Å². The maximum Gasteiger partial charge on any atom is 0.130 e. The lowest BCUT2D eigenvalue weighted by molar-refractivity contribution is 0.473. The molecule has 0 saturated heterocycles. The SMILES string of the molecule is CC(C)c1ccc(Oc2ccc(F)cc2CCN)cc1. The first-order valence-corrected chi connectivity index (χ1v) is 6.86. The molecule has 0 amide bonds. The molecule has 0 atom stereocenters. The van der Waals surface area contributed by atoms with E-state index in [1.165, 1.54) is 17.7 Å². The average molecular weight is 273 g/mol. The fraction of sp³-hybridized carbons (Fsp3) is 0.294. The molecular formula is C17H20FNO. The third-order valence-electron chi connectivity index (χ3n) is 3.21. The zero-order chi connectivity index (χ0) is 14.5. The molecule has 0 heterocycles. The molecule has 0 unspecified atom stereocenters. The Balaban J connectivity index is 2.20. The highest BCUT2D eigenvalue weighted by Crippen LogP contribution is 2.27. The summed E-state index contributed by atoms with van der Waals surface area (Å²) in [4.78, 5) is 0. The van der Waals surface area contributed by atoms with Gasteiger partial charge in [0.1, 0.15) is 17.3 Å². The topological polar surface area (TPSA) is 35.2 Å². The van der Waals surface area contributed by atoms with Crippen molar-refractivity contribution in [2.24, 2.45) is 5.73 Å². The summed E-state index contributed by atoms with van der Waals surface area (Å²) in [5.74, 6) is 1.63. The van der Waals surface area contributed by atoms with E-state index >= 15 is 0 Å². The molecule has 0 saturated carbocycles. The molecule has 0 aromatic heterocycles. The lowest BCUT2D eigenvalue weighted by Crippen LogP contribution is -2.04. The molecule has 2 rings (SSSR count). The molecule has 3 heteroatoms. The van der Waals surface area contributed by atoms with E-state index in [-0.39, 0.29) is 5.82 Å². The van der Waals surface area contributed by atoms with Crippen LogP contribution in [0.1, 0.15) is 30.9 Å². The van der Waals surface area contributed by atoms with Crippen LogP contribution in [0.3, 0.4) is 0 Å². The van der Waals surface area contributed by atoms with Crippen LogP contribution in [0.15, 0.2) is 42.5 Å². The van der Waals surface area contributed by atoms with E-state index < -0.39 is 0 Å². The molecule has 0 spiro atoms. The largest absolute Gasteiger partial charge is 0.457 e. The molecule has 2 nitrogen and oxygen atoms in total. The van der Waals surface area contributed by atoms with Crippen molar-refractivity contribution in [1.29, 1.82) is 0 Å². The van der Waals surface area contributed by atoms with Gasteiger partial charge in [-0.25, -0.2) is 4.39 Å². The van der Waals surface area contributed by atoms with Gasteiger partial charge >= 0.3 is 0 Å². The number of ether oxygens (including phenoxy) is 1. The molecule has 0 fully saturated rings. The second-order valence-electron chi connectivity index (χ2n) is 5.12. The molecule has 2 aromatic carbocycles. The highest BCUT2D eigenvalue weighted by molar-refractivity contribution is 5.39. The Bertz CT molecular complexity index is 564. The average Bonchev–Trinajstić information content (AvgIpc) is 2.43. The number of rotatable bonds is 5. The third kappa shape index (κ3) is 3.58. The Morgan fingerprint density at radius 3 is 2.40 bits per heavy atom. The van der Waals surface area contributed by atoms with Crippen LogP contribution in [0.4, 0.5) is 4.39 Å². The molecule has 0 radical (unpaired) electrons. The maximum absolute atomic E-state index is 13.3. The monoisotopic (exact) mass is 273 g/mol. The van der Waals surface area contributed by atoms with Crippen molar-refractivity contribution in [3.8, 4) is 11.5 Å². The molecule has 106 valence electrons. The first kappa shape index (κ1) is 14.5. The van der Waals surface area contributed by atoms with Crippen LogP contribution < -0.4 is 10.5 Å². The summed E-state index contributed by atoms with van der Waals surface area (Å²) in [6.07, 6.45) is 0.594. The van der Waals surface area contributed by atoms with Crippen LogP contribution >= 0.6 is 0 Å². The Labute approximate surface area is 119 Å². The molecule has 0 aliphatic heterocycles. The van der Waals surface area contributed by atoms with Crippen LogP contribution in [-0.4, -0.2) is 6.54 Å². The van der Waals surface area contributed by atoms with Crippen molar-refractivity contribution >= 4 is 0 Å². The van der Waals surface area contributed by atoms with Gasteiger partial charge in [0.2, 0.25) is 0 Å². The zero-order valence-electron chi connectivity index (χ0n) is 11.9. The first-order valence-electron chi connectivity index (χ1n) is 6.86. The number of halogens is 1. The molecule has 20 heavy (non-hydrogen) atoms. The lowest BCUT2D eigenvalue weighted by atomic mass is 10.0. The fourth-order valence-corrected chi connectivity index (χ4v) is 2.05. The minimum Gasteiger partial charge on any atom is -0.457 e. The molecule has 2 aromatic rings. The Morgan fingerprint density at radius 1 is 1.10 bits per heavy atom. The first-order chi connectivity index (χ1) is 9.60. The van der Waals surface area contributed by atoms with Crippen molar-refractivity contribution in [2.45, 2.75) is 26.2 Å². The molecule has 0 aliphatic carbocycles. The lowest BCUT2D eigenvalue weighted by Gasteiger charge is -2.12. The predicted molar refractivity (Wildman–Crippen MR) is 79.8 cm³/mol. The molecule has 0 aliphatic rings. The van der Waals surface area contributed by atoms with Gasteiger partial charge in [-0.05, 0) is 60.3 Å². The van der Waals surface area contributed by atoms with E-state index in [1.807, 2.05) is 24.3 Å². The van der Waals surface area contributed by atoms with Crippen molar-refractivity contribution in [3.63, 3.8) is 0 Å². The third-order valence-corrected chi connectivity index (χ3v) is 3.21. The Hall–Kier alpha value is -1.87. The highest BCUT2D eigenvalue weighted by Gasteiger charge is 2.07. The van der Waals surface area contributed by atoms with E-state index in [0.717, 1.165) is 11.3 Å². The minimum absolute atomic E-state index is 0.268. The summed E-state index contributed by atoms with van der Waals surface area (Å²) in [6.45, 7) is 4.76. The maximum atomic E-state index is 13.3. The number of hydrogen-bond donors (Lipinski definition) is 1. The Morgan fingerprint density at radius 2 is 1.80 bits per heavy atom. The summed E-state index contributed by atoms with van der Waals surface area (Å²) in [5.41, 5.74) is 7.60. The molecule has 0 bridgehead atoms. The van der Waals surface area contributed by atoms with Crippen LogP contribution in [-0.2, 0) is 6.42 Å². The van der Waals surface area contributed by atoms with Crippen molar-refractivity contribution < 1.29 is 9.13 Å². The van der Waals surface area contributed by atoms with Gasteiger partial charge < -0.3 is 10.5 Å². The summed E-state index contributed by atoms with van der Waals surface area (Å²) in [5, 5.41) is 0. The van der Waals surface area contributed by atoms with Crippen molar-refractivity contribution in [3.05, 3.63) is 59.4 Å². The van der Waals surface area contributed by atoms with Crippen LogP contribution in [0.2, 0.25) is 0 Å². The minimum atomic E-state index is -0.268. The molecule has 2 N–H and O–H groups in total. The van der Waals surface area contributed by atoms with Crippen molar-refractivity contribution in [2.75, 3.05) is 6.54 Å². The van der Waals surface area contributed by atoms with E-state index in [4.69, 9.17) is 10.5 Å². The van der Waals surface area contributed by atoms with Gasteiger partial charge in [-0.15, -0.1) is 0 Å². The van der Waals surface area contributed by atoms with Gasteiger partial charge in [-0.2, -0.15) is 0 Å².